The zero-order chi connectivity index (χ0) is 24.5. The summed E-state index contributed by atoms with van der Waals surface area (Å²) in [6.45, 7) is 4.93. The fourth-order valence-electron chi connectivity index (χ4n) is 4.34. The molecule has 2 heterocycles. The Morgan fingerprint density at radius 1 is 0.861 bits per heavy atom. The Hall–Kier alpha value is -3.86. The zero-order valence-electron chi connectivity index (χ0n) is 20.1. The Balaban J connectivity index is 0.000000338. The van der Waals surface area contributed by atoms with Crippen molar-refractivity contribution in [1.82, 2.24) is 4.98 Å². The van der Waals surface area contributed by atoms with E-state index in [2.05, 4.69) is 61.5 Å². The van der Waals surface area contributed by atoms with E-state index in [4.69, 9.17) is 20.4 Å². The Kier molecular flexibility index (Phi) is 7.29. The minimum absolute atomic E-state index is 0. The van der Waals surface area contributed by atoms with Gasteiger partial charge in [0.05, 0.1) is 17.0 Å². The maximum Gasteiger partial charge on any atom is 0.155 e. The van der Waals surface area contributed by atoms with Crippen molar-refractivity contribution in [2.45, 2.75) is 20.8 Å². The van der Waals surface area contributed by atoms with Crippen LogP contribution in [0.1, 0.15) is 25.1 Å². The molecule has 0 unspecified atom stereocenters. The normalized spacial score (nSPS) is 12.3. The number of ketones is 1. The average Bonchev–Trinajstić information content (AvgIpc) is 2.82. The summed E-state index contributed by atoms with van der Waals surface area (Å²) < 4.78 is 0. The second-order valence-corrected chi connectivity index (χ2v) is 8.64. The number of aliphatic hydroxyl groups is 1. The minimum atomic E-state index is -0.125. The number of carbonyl (C=O) groups is 1. The number of carbonyl (C=O) groups excluding carboxylic acids is 1. The van der Waals surface area contributed by atoms with E-state index in [1.54, 1.807) is 0 Å². The number of aromatic nitrogens is 1. The van der Waals surface area contributed by atoms with Gasteiger partial charge in [-0.2, -0.15) is 0 Å². The van der Waals surface area contributed by atoms with E-state index in [-0.39, 0.29) is 31.6 Å². The summed E-state index contributed by atoms with van der Waals surface area (Å²) in [5.41, 5.74) is 4.80. The molecule has 36 heavy (non-hydrogen) atoms. The van der Waals surface area contributed by atoms with Gasteiger partial charge in [-0.05, 0) is 83.3 Å². The van der Waals surface area contributed by atoms with E-state index >= 15 is 0 Å². The number of benzene rings is 4. The molecule has 6 rings (SSSR count). The molecular weight excluding hydrogens is 627 g/mol. The Bertz CT molecular complexity index is 1680. The van der Waals surface area contributed by atoms with Gasteiger partial charge in [-0.15, -0.1) is 0 Å². The monoisotopic (exact) mass is 651 g/mol. The topological polar surface area (TPSA) is 76.7 Å². The maximum absolute atomic E-state index is 10.0. The van der Waals surface area contributed by atoms with Crippen LogP contribution in [-0.4, -0.2) is 21.7 Å². The SMILES string of the molecule is CC(=O)C=C(C)O.Cc1cc2cc3ccccc3cc2nc1C1=Nc2cccc3cccc(c23)[N-]1.[Ir]. The Morgan fingerprint density at radius 3 is 2.19 bits per heavy atom. The van der Waals surface area contributed by atoms with Crippen molar-refractivity contribution >= 4 is 55.4 Å². The van der Waals surface area contributed by atoms with Gasteiger partial charge < -0.3 is 15.4 Å². The summed E-state index contributed by atoms with van der Waals surface area (Å²) in [4.78, 5) is 19.8. The van der Waals surface area contributed by atoms with E-state index in [9.17, 15) is 4.79 Å². The molecule has 5 nitrogen and oxygen atoms in total. The first-order chi connectivity index (χ1) is 16.9. The van der Waals surface area contributed by atoms with Crippen LogP contribution in [0.5, 0.6) is 0 Å². The molecule has 5 aromatic rings. The van der Waals surface area contributed by atoms with Gasteiger partial charge in [0.15, 0.2) is 5.78 Å². The van der Waals surface area contributed by atoms with Crippen molar-refractivity contribution < 1.29 is 30.0 Å². The van der Waals surface area contributed by atoms with Crippen LogP contribution in [0.2, 0.25) is 0 Å². The molecule has 0 bridgehead atoms. The van der Waals surface area contributed by atoms with Crippen molar-refractivity contribution in [2.75, 3.05) is 0 Å². The van der Waals surface area contributed by atoms with Crippen LogP contribution in [0.3, 0.4) is 0 Å². The van der Waals surface area contributed by atoms with Gasteiger partial charge in [0.25, 0.3) is 0 Å². The Morgan fingerprint density at radius 2 is 1.53 bits per heavy atom. The van der Waals surface area contributed by atoms with Crippen LogP contribution in [-0.2, 0) is 24.9 Å². The van der Waals surface area contributed by atoms with Gasteiger partial charge >= 0.3 is 0 Å². The van der Waals surface area contributed by atoms with Crippen molar-refractivity contribution in [3.05, 3.63) is 107 Å². The molecule has 1 radical (unpaired) electrons. The molecule has 0 aliphatic carbocycles. The van der Waals surface area contributed by atoms with E-state index in [1.165, 1.54) is 30.7 Å². The van der Waals surface area contributed by atoms with Gasteiger partial charge in [0, 0.05) is 31.6 Å². The predicted octanol–water partition coefficient (Wildman–Crippen LogP) is 7.98. The fourth-order valence-corrected chi connectivity index (χ4v) is 4.34. The summed E-state index contributed by atoms with van der Waals surface area (Å²) in [6, 6.07) is 27.3. The number of nitrogens with zero attached hydrogens (tertiary/aromatic N) is 3. The largest absolute Gasteiger partial charge is 0.512 e. The molecule has 1 aliphatic heterocycles. The molecule has 0 spiro atoms. The number of aryl methyl sites for hydroxylation is 1. The van der Waals surface area contributed by atoms with E-state index < -0.39 is 0 Å². The third-order valence-electron chi connectivity index (χ3n) is 5.81. The molecule has 0 fully saturated rings. The molecule has 1 aliphatic rings. The van der Waals surface area contributed by atoms with Crippen molar-refractivity contribution in [1.29, 1.82) is 0 Å². The molecule has 6 heteroatoms. The fraction of sp³-hybridized carbons (Fsp3) is 0.100. The molecule has 0 saturated heterocycles. The zero-order valence-corrected chi connectivity index (χ0v) is 22.5. The van der Waals surface area contributed by atoms with Gasteiger partial charge in [0.1, 0.15) is 0 Å². The predicted molar refractivity (Wildman–Crippen MR) is 144 cm³/mol. The third-order valence-corrected chi connectivity index (χ3v) is 5.81. The molecule has 1 N–H and O–H groups in total. The second-order valence-electron chi connectivity index (χ2n) is 8.64. The van der Waals surface area contributed by atoms with Crippen LogP contribution < -0.4 is 0 Å². The van der Waals surface area contributed by atoms with Crippen LogP contribution in [0.15, 0.2) is 95.7 Å². The summed E-state index contributed by atoms with van der Waals surface area (Å²) in [6.07, 6.45) is 1.17. The van der Waals surface area contributed by atoms with Crippen LogP contribution >= 0.6 is 0 Å². The van der Waals surface area contributed by atoms with Gasteiger partial charge in [0.2, 0.25) is 0 Å². The summed E-state index contributed by atoms with van der Waals surface area (Å²) in [5.74, 6) is 0.617. The number of aliphatic imine (C=N–C) groups is 1. The summed E-state index contributed by atoms with van der Waals surface area (Å²) >= 11 is 0. The molecular formula is C30H24IrN3O2-. The van der Waals surface area contributed by atoms with Crippen molar-refractivity contribution in [2.24, 2.45) is 4.99 Å². The van der Waals surface area contributed by atoms with Gasteiger partial charge in [-0.1, -0.05) is 60.7 Å². The van der Waals surface area contributed by atoms with Crippen molar-refractivity contribution in [3.8, 4) is 0 Å². The standard InChI is InChI=1S/C25H16N3.C5H8O2.Ir/c1-15-12-19-13-17-6-2-3-7-18(17)14-22(19)26-24(15)25-27-20-10-4-8-16-9-5-11-21(28-25)23(16)20;1-4(6)3-5(2)7;/h2-14H,1H3;3,6H,1-2H3;/q-1;;. The van der Waals surface area contributed by atoms with Gasteiger partial charge in [-0.25, -0.2) is 4.98 Å². The van der Waals surface area contributed by atoms with E-state index in [0.717, 1.165) is 44.3 Å². The number of amidine groups is 1. The Labute approximate surface area is 222 Å². The first kappa shape index (κ1) is 25.2. The molecule has 0 amide bonds. The number of hydrogen-bond acceptors (Lipinski definition) is 4. The number of aliphatic hydroxyl groups excluding tert-OH is 1. The van der Waals surface area contributed by atoms with Crippen LogP contribution in [0, 0.1) is 6.92 Å². The molecule has 0 saturated carbocycles. The molecule has 0 atom stereocenters. The van der Waals surface area contributed by atoms with Crippen molar-refractivity contribution in [3.63, 3.8) is 0 Å². The molecule has 1 aromatic heterocycles. The first-order valence-corrected chi connectivity index (χ1v) is 11.4. The van der Waals surface area contributed by atoms with Crippen LogP contribution in [0.4, 0.5) is 11.4 Å². The van der Waals surface area contributed by atoms with Gasteiger partial charge in [-0.3, -0.25) is 4.79 Å². The van der Waals surface area contributed by atoms with E-state index in [1.807, 2.05) is 24.3 Å². The second kappa shape index (κ2) is 10.4. The molecule has 4 aromatic carbocycles. The maximum atomic E-state index is 10.0. The summed E-state index contributed by atoms with van der Waals surface area (Å²) in [5, 5.41) is 19.0. The average molecular weight is 651 g/mol. The first-order valence-electron chi connectivity index (χ1n) is 11.4. The quantitative estimate of drug-likeness (QED) is 0.120. The minimum Gasteiger partial charge on any atom is -0.512 e. The number of fused-ring (bicyclic) bond motifs is 2. The number of rotatable bonds is 2. The number of pyridine rings is 1. The third kappa shape index (κ3) is 5.06. The summed E-state index contributed by atoms with van der Waals surface area (Å²) in [7, 11) is 0. The smallest absolute Gasteiger partial charge is 0.155 e. The molecule has 181 valence electrons. The van der Waals surface area contributed by atoms with Crippen LogP contribution in [0.25, 0.3) is 37.8 Å². The van der Waals surface area contributed by atoms with E-state index in [0.29, 0.717) is 5.84 Å². The number of hydrogen-bond donors (Lipinski definition) is 1. The number of allylic oxidation sites excluding steroid dienone is 2.